The fraction of sp³-hybridized carbons (Fsp3) is 0.667. The third kappa shape index (κ3) is 7.23. The number of hydrogen-bond acceptors (Lipinski definition) is 2. The zero-order valence-electron chi connectivity index (χ0n) is 10.3. The molecule has 17 heavy (non-hydrogen) atoms. The summed E-state index contributed by atoms with van der Waals surface area (Å²) in [5, 5.41) is 13.9. The molecule has 0 aromatic carbocycles. The van der Waals surface area contributed by atoms with Gasteiger partial charge in [-0.2, -0.15) is 0 Å². The Morgan fingerprint density at radius 2 is 2.12 bits per heavy atom. The fourth-order valence-corrected chi connectivity index (χ4v) is 1.20. The number of aliphatic carboxylic acids is 1. The van der Waals surface area contributed by atoms with E-state index < -0.39 is 5.97 Å². The molecule has 0 aliphatic heterocycles. The lowest BCUT2D eigenvalue weighted by Gasteiger charge is -2.12. The van der Waals surface area contributed by atoms with Crippen LogP contribution in [0.4, 0.5) is 4.79 Å². The quantitative estimate of drug-likeness (QED) is 0.462. The highest BCUT2D eigenvalue weighted by atomic mass is 16.4. The van der Waals surface area contributed by atoms with Gasteiger partial charge in [-0.05, 0) is 19.3 Å². The molecular weight excluding hydrogens is 220 g/mol. The van der Waals surface area contributed by atoms with Crippen molar-refractivity contribution in [2.75, 3.05) is 6.54 Å². The van der Waals surface area contributed by atoms with Gasteiger partial charge >= 0.3 is 12.0 Å². The second-order valence-electron chi connectivity index (χ2n) is 3.91. The van der Waals surface area contributed by atoms with Crippen molar-refractivity contribution in [2.24, 2.45) is 5.92 Å². The van der Waals surface area contributed by atoms with Crippen molar-refractivity contribution in [3.05, 3.63) is 0 Å². The van der Waals surface area contributed by atoms with E-state index in [1.54, 1.807) is 6.92 Å². The summed E-state index contributed by atoms with van der Waals surface area (Å²) in [5.41, 5.74) is 0. The fourth-order valence-electron chi connectivity index (χ4n) is 1.20. The Kier molecular flexibility index (Phi) is 7.61. The van der Waals surface area contributed by atoms with Crippen molar-refractivity contribution in [1.29, 1.82) is 0 Å². The van der Waals surface area contributed by atoms with E-state index in [1.165, 1.54) is 0 Å². The van der Waals surface area contributed by atoms with Gasteiger partial charge in [0.2, 0.25) is 0 Å². The zero-order valence-corrected chi connectivity index (χ0v) is 10.3. The molecule has 3 N–H and O–H groups in total. The van der Waals surface area contributed by atoms with Crippen LogP contribution >= 0.6 is 0 Å². The molecule has 0 aliphatic carbocycles. The number of terminal acetylenes is 1. The highest BCUT2D eigenvalue weighted by Crippen LogP contribution is 2.04. The lowest BCUT2D eigenvalue weighted by atomic mass is 10.1. The highest BCUT2D eigenvalue weighted by molar-refractivity contribution is 5.74. The van der Waals surface area contributed by atoms with Crippen LogP contribution in [0.25, 0.3) is 0 Å². The minimum Gasteiger partial charge on any atom is -0.481 e. The van der Waals surface area contributed by atoms with E-state index in [1.807, 2.05) is 6.92 Å². The van der Waals surface area contributed by atoms with Crippen LogP contribution in [0.5, 0.6) is 0 Å². The van der Waals surface area contributed by atoms with E-state index >= 15 is 0 Å². The molecular formula is C12H20N2O3. The van der Waals surface area contributed by atoms with Crippen molar-refractivity contribution >= 4 is 12.0 Å². The third-order valence-corrected chi connectivity index (χ3v) is 2.44. The summed E-state index contributed by atoms with van der Waals surface area (Å²) in [6.07, 6.45) is 7.06. The summed E-state index contributed by atoms with van der Waals surface area (Å²) in [6.45, 7) is 3.98. The molecule has 0 fully saturated rings. The van der Waals surface area contributed by atoms with E-state index in [4.69, 9.17) is 11.5 Å². The van der Waals surface area contributed by atoms with Gasteiger partial charge in [0.1, 0.15) is 0 Å². The molecule has 0 radical (unpaired) electrons. The predicted molar refractivity (Wildman–Crippen MR) is 65.5 cm³/mol. The van der Waals surface area contributed by atoms with Crippen LogP contribution < -0.4 is 10.6 Å². The number of hydrogen-bond donors (Lipinski definition) is 3. The molecule has 0 aromatic rings. The van der Waals surface area contributed by atoms with Crippen molar-refractivity contribution < 1.29 is 14.7 Å². The molecule has 0 aromatic heterocycles. The van der Waals surface area contributed by atoms with Crippen LogP contribution in [-0.2, 0) is 4.79 Å². The Balaban J connectivity index is 3.66. The number of carbonyl (C=O) groups excluding carboxylic acids is 1. The first kappa shape index (κ1) is 15.3. The molecule has 2 atom stereocenters. The van der Waals surface area contributed by atoms with Gasteiger partial charge in [0.05, 0.1) is 12.0 Å². The van der Waals surface area contributed by atoms with Crippen LogP contribution in [0.3, 0.4) is 0 Å². The van der Waals surface area contributed by atoms with Crippen molar-refractivity contribution in [3.8, 4) is 12.3 Å². The highest BCUT2D eigenvalue weighted by Gasteiger charge is 2.10. The zero-order chi connectivity index (χ0) is 13.3. The molecule has 5 heteroatoms. The largest absolute Gasteiger partial charge is 0.481 e. The Morgan fingerprint density at radius 1 is 1.47 bits per heavy atom. The number of carboxylic acids is 1. The van der Waals surface area contributed by atoms with Gasteiger partial charge in [0.15, 0.2) is 0 Å². The number of amides is 2. The van der Waals surface area contributed by atoms with Gasteiger partial charge in [-0.15, -0.1) is 6.42 Å². The second-order valence-corrected chi connectivity index (χ2v) is 3.91. The van der Waals surface area contributed by atoms with Crippen LogP contribution in [0.2, 0.25) is 0 Å². The van der Waals surface area contributed by atoms with Crippen LogP contribution in [0.1, 0.15) is 33.1 Å². The van der Waals surface area contributed by atoms with Gasteiger partial charge in [0.25, 0.3) is 0 Å². The predicted octanol–water partition coefficient (Wildman–Crippen LogP) is 1.20. The number of urea groups is 1. The molecule has 0 rings (SSSR count). The average Bonchev–Trinajstić information content (AvgIpc) is 2.31. The summed E-state index contributed by atoms with van der Waals surface area (Å²) in [4.78, 5) is 21.8. The molecule has 0 saturated heterocycles. The molecule has 96 valence electrons. The monoisotopic (exact) mass is 240 g/mol. The van der Waals surface area contributed by atoms with E-state index in [0.29, 0.717) is 25.8 Å². The Bertz CT molecular complexity index is 297. The van der Waals surface area contributed by atoms with Crippen LogP contribution in [0, 0.1) is 18.3 Å². The topological polar surface area (TPSA) is 78.4 Å². The second kappa shape index (κ2) is 8.45. The average molecular weight is 240 g/mol. The van der Waals surface area contributed by atoms with Crippen LogP contribution in [-0.4, -0.2) is 29.7 Å². The Labute approximate surface area is 102 Å². The van der Waals surface area contributed by atoms with Crippen molar-refractivity contribution in [2.45, 2.75) is 39.2 Å². The molecule has 2 amide bonds. The summed E-state index contributed by atoms with van der Waals surface area (Å²) < 4.78 is 0. The smallest absolute Gasteiger partial charge is 0.315 e. The maximum Gasteiger partial charge on any atom is 0.315 e. The summed E-state index contributed by atoms with van der Waals surface area (Å²) >= 11 is 0. The molecule has 0 bridgehead atoms. The molecule has 0 spiro atoms. The third-order valence-electron chi connectivity index (χ3n) is 2.44. The molecule has 0 aliphatic rings. The molecule has 5 nitrogen and oxygen atoms in total. The van der Waals surface area contributed by atoms with E-state index in [9.17, 15) is 9.59 Å². The van der Waals surface area contributed by atoms with E-state index in [0.717, 1.165) is 0 Å². The lowest BCUT2D eigenvalue weighted by molar-refractivity contribution is -0.141. The number of carbonyl (C=O) groups is 2. The number of carboxylic acid groups (broad SMARTS) is 1. The minimum atomic E-state index is -0.812. The molecule has 0 heterocycles. The first-order valence-corrected chi connectivity index (χ1v) is 5.74. The SMILES string of the molecule is C#CC(CC)NC(=O)NCCCC(C)C(=O)O. The molecule has 0 saturated carbocycles. The number of rotatable bonds is 7. The summed E-state index contributed by atoms with van der Waals surface area (Å²) in [7, 11) is 0. The van der Waals surface area contributed by atoms with Gasteiger partial charge in [-0.3, -0.25) is 4.79 Å². The first-order valence-electron chi connectivity index (χ1n) is 5.74. The van der Waals surface area contributed by atoms with E-state index in [2.05, 4.69) is 16.6 Å². The van der Waals surface area contributed by atoms with Crippen molar-refractivity contribution in [3.63, 3.8) is 0 Å². The molecule has 2 unspecified atom stereocenters. The van der Waals surface area contributed by atoms with Gasteiger partial charge in [-0.1, -0.05) is 19.8 Å². The maximum absolute atomic E-state index is 11.3. The first-order chi connectivity index (χ1) is 8.01. The van der Waals surface area contributed by atoms with Crippen molar-refractivity contribution in [1.82, 2.24) is 10.6 Å². The standard InChI is InChI=1S/C12H20N2O3/c1-4-10(5-2)14-12(17)13-8-6-7-9(3)11(15)16/h1,9-10H,5-8H2,2-3H3,(H,15,16)(H2,13,14,17). The minimum absolute atomic E-state index is 0.257. The Morgan fingerprint density at radius 3 is 2.59 bits per heavy atom. The van der Waals surface area contributed by atoms with Gasteiger partial charge < -0.3 is 15.7 Å². The lowest BCUT2D eigenvalue weighted by Crippen LogP contribution is -2.41. The van der Waals surface area contributed by atoms with Gasteiger partial charge in [-0.25, -0.2) is 4.79 Å². The number of nitrogens with one attached hydrogen (secondary N) is 2. The maximum atomic E-state index is 11.3. The normalized spacial score (nSPS) is 13.2. The summed E-state index contributed by atoms with van der Waals surface area (Å²) in [5.74, 6) is 1.26. The van der Waals surface area contributed by atoms with Crippen LogP contribution in [0.15, 0.2) is 0 Å². The Hall–Kier alpha value is -1.70. The summed E-state index contributed by atoms with van der Waals surface area (Å²) in [6, 6.07) is -0.564. The van der Waals surface area contributed by atoms with Gasteiger partial charge in [0, 0.05) is 6.54 Å². The van der Waals surface area contributed by atoms with E-state index in [-0.39, 0.29) is 18.0 Å².